The Morgan fingerprint density at radius 1 is 0.340 bits per heavy atom. The van der Waals surface area contributed by atoms with Crippen LogP contribution in [0.2, 0.25) is 0 Å². The van der Waals surface area contributed by atoms with Gasteiger partial charge in [0, 0.05) is 5.41 Å². The molecule has 0 spiro atoms. The van der Waals surface area contributed by atoms with Crippen LogP contribution < -0.4 is 0 Å². The zero-order chi connectivity index (χ0) is 31.3. The van der Waals surface area contributed by atoms with Gasteiger partial charge in [-0.1, -0.05) is 141 Å². The van der Waals surface area contributed by atoms with Gasteiger partial charge in [0.2, 0.25) is 0 Å². The monoisotopic (exact) mass is 596 g/mol. The van der Waals surface area contributed by atoms with Crippen molar-refractivity contribution in [3.05, 3.63) is 169 Å². The molecule has 0 bridgehead atoms. The summed E-state index contributed by atoms with van der Waals surface area (Å²) < 4.78 is 0. The minimum Gasteiger partial charge on any atom is -0.0616 e. The molecule has 0 heterocycles. The van der Waals surface area contributed by atoms with Crippen molar-refractivity contribution in [2.45, 2.75) is 19.3 Å². The van der Waals surface area contributed by atoms with Crippen molar-refractivity contribution in [2.75, 3.05) is 0 Å². The molecule has 0 fully saturated rings. The van der Waals surface area contributed by atoms with Crippen LogP contribution in [-0.2, 0) is 5.41 Å². The first-order valence-corrected chi connectivity index (χ1v) is 16.6. The highest BCUT2D eigenvalue weighted by Crippen LogP contribution is 2.55. The predicted molar refractivity (Wildman–Crippen MR) is 202 cm³/mol. The third-order valence-electron chi connectivity index (χ3n) is 10.8. The molecule has 10 rings (SSSR count). The van der Waals surface area contributed by atoms with E-state index < -0.39 is 0 Å². The third-order valence-corrected chi connectivity index (χ3v) is 10.8. The zero-order valence-corrected chi connectivity index (χ0v) is 26.5. The first-order chi connectivity index (χ1) is 23.1. The van der Waals surface area contributed by atoms with Crippen molar-refractivity contribution in [3.63, 3.8) is 0 Å². The molecule has 1 aliphatic carbocycles. The summed E-state index contributed by atoms with van der Waals surface area (Å²) in [4.78, 5) is 0. The Hall–Kier alpha value is -5.72. The molecule has 0 amide bonds. The molecule has 0 saturated heterocycles. The van der Waals surface area contributed by atoms with E-state index in [1.54, 1.807) is 0 Å². The maximum atomic E-state index is 2.44. The van der Waals surface area contributed by atoms with E-state index in [2.05, 4.69) is 172 Å². The minimum atomic E-state index is -0.116. The lowest BCUT2D eigenvalue weighted by Crippen LogP contribution is -2.15. The van der Waals surface area contributed by atoms with E-state index in [0.29, 0.717) is 0 Å². The van der Waals surface area contributed by atoms with Gasteiger partial charge in [-0.15, -0.1) is 0 Å². The summed E-state index contributed by atoms with van der Waals surface area (Å²) in [5.74, 6) is 0. The van der Waals surface area contributed by atoms with Crippen LogP contribution in [0.4, 0.5) is 0 Å². The van der Waals surface area contributed by atoms with Crippen molar-refractivity contribution in [2.24, 2.45) is 0 Å². The Morgan fingerprint density at radius 2 is 0.915 bits per heavy atom. The lowest BCUT2D eigenvalue weighted by atomic mass is 9.78. The van der Waals surface area contributed by atoms with Gasteiger partial charge in [0.25, 0.3) is 0 Å². The SMILES string of the molecule is CC1(C)c2cc3ccccc3cc2-c2c1c1ccc(-c3cccc(-c4cc5ccccc5c5ccccc45)c3)cc1c1ccccc21. The molecule has 0 saturated carbocycles. The predicted octanol–water partition coefficient (Wildman–Crippen LogP) is 13.1. The summed E-state index contributed by atoms with van der Waals surface area (Å²) in [6, 6.07) is 58.8. The molecule has 0 atom stereocenters. The number of fused-ring (bicyclic) bond motifs is 12. The summed E-state index contributed by atoms with van der Waals surface area (Å²) in [6.07, 6.45) is 0. The smallest absolute Gasteiger partial charge is 0.0165 e. The minimum absolute atomic E-state index is 0.116. The van der Waals surface area contributed by atoms with E-state index in [9.17, 15) is 0 Å². The molecule has 47 heavy (non-hydrogen) atoms. The Balaban J connectivity index is 1.20. The summed E-state index contributed by atoms with van der Waals surface area (Å²) in [6.45, 7) is 4.82. The van der Waals surface area contributed by atoms with Gasteiger partial charge in [0.1, 0.15) is 0 Å². The Labute approximate surface area is 274 Å². The highest BCUT2D eigenvalue weighted by Gasteiger charge is 2.38. The summed E-state index contributed by atoms with van der Waals surface area (Å²) in [5, 5.41) is 13.1. The summed E-state index contributed by atoms with van der Waals surface area (Å²) >= 11 is 0. The van der Waals surface area contributed by atoms with E-state index >= 15 is 0 Å². The number of benzene rings is 9. The molecule has 9 aromatic rings. The molecule has 0 N–H and O–H groups in total. The van der Waals surface area contributed by atoms with Crippen LogP contribution in [0.3, 0.4) is 0 Å². The maximum absolute atomic E-state index is 2.44. The topological polar surface area (TPSA) is 0 Å². The number of rotatable bonds is 2. The van der Waals surface area contributed by atoms with E-state index in [0.717, 1.165) is 0 Å². The quantitative estimate of drug-likeness (QED) is 0.174. The molecule has 0 nitrogen and oxygen atoms in total. The summed E-state index contributed by atoms with van der Waals surface area (Å²) in [5.41, 5.74) is 10.5. The van der Waals surface area contributed by atoms with Crippen LogP contribution in [0.5, 0.6) is 0 Å². The fraction of sp³-hybridized carbons (Fsp3) is 0.0638. The van der Waals surface area contributed by atoms with Crippen molar-refractivity contribution in [1.82, 2.24) is 0 Å². The van der Waals surface area contributed by atoms with Gasteiger partial charge in [-0.3, -0.25) is 0 Å². The molecule has 0 heteroatoms. The molecule has 9 aromatic carbocycles. The zero-order valence-electron chi connectivity index (χ0n) is 26.5. The van der Waals surface area contributed by atoms with Crippen LogP contribution in [-0.4, -0.2) is 0 Å². The van der Waals surface area contributed by atoms with Crippen molar-refractivity contribution in [3.8, 4) is 33.4 Å². The largest absolute Gasteiger partial charge is 0.0616 e. The number of hydrogen-bond donors (Lipinski definition) is 0. The standard InChI is InChI=1S/C47H32/c1-47(2)44-28-31-13-4-3-12-30(31)26-43(44)45-39-21-10-9-20-38(39)42-25-32(22-23-40(42)46(45)47)29-15-11-16-33(24-29)41-27-34-14-5-6-17-35(34)36-18-7-8-19-37(36)41/h3-28H,1-2H3. The molecular weight excluding hydrogens is 565 g/mol. The first-order valence-electron chi connectivity index (χ1n) is 16.6. The van der Waals surface area contributed by atoms with Gasteiger partial charge in [-0.25, -0.2) is 0 Å². The van der Waals surface area contributed by atoms with Gasteiger partial charge >= 0.3 is 0 Å². The molecule has 220 valence electrons. The average Bonchev–Trinajstić information content (AvgIpc) is 3.36. The normalized spacial score (nSPS) is 13.5. The lowest BCUT2D eigenvalue weighted by molar-refractivity contribution is 0.667. The number of hydrogen-bond acceptors (Lipinski definition) is 0. The highest BCUT2D eigenvalue weighted by molar-refractivity contribution is 6.20. The van der Waals surface area contributed by atoms with Gasteiger partial charge in [0.05, 0.1) is 0 Å². The fourth-order valence-corrected chi connectivity index (χ4v) is 8.56. The van der Waals surface area contributed by atoms with Crippen LogP contribution in [0.1, 0.15) is 25.0 Å². The van der Waals surface area contributed by atoms with E-state index in [1.165, 1.54) is 98.4 Å². The van der Waals surface area contributed by atoms with E-state index in [1.807, 2.05) is 0 Å². The lowest BCUT2D eigenvalue weighted by Gasteiger charge is -2.24. The Bertz CT molecular complexity index is 2760. The van der Waals surface area contributed by atoms with Crippen LogP contribution >= 0.6 is 0 Å². The Kier molecular flexibility index (Phi) is 5.44. The van der Waals surface area contributed by atoms with Gasteiger partial charge in [0.15, 0.2) is 0 Å². The second-order valence-corrected chi connectivity index (χ2v) is 13.7. The van der Waals surface area contributed by atoms with Gasteiger partial charge in [-0.05, 0) is 129 Å². The molecule has 0 unspecified atom stereocenters. The van der Waals surface area contributed by atoms with Crippen LogP contribution in [0, 0.1) is 0 Å². The third kappa shape index (κ3) is 3.76. The van der Waals surface area contributed by atoms with E-state index in [-0.39, 0.29) is 5.41 Å². The van der Waals surface area contributed by atoms with Crippen molar-refractivity contribution < 1.29 is 0 Å². The molecule has 1 aliphatic rings. The van der Waals surface area contributed by atoms with Crippen molar-refractivity contribution >= 4 is 53.9 Å². The van der Waals surface area contributed by atoms with Crippen LogP contribution in [0.25, 0.3) is 87.2 Å². The highest BCUT2D eigenvalue weighted by atomic mass is 14.4. The van der Waals surface area contributed by atoms with Gasteiger partial charge < -0.3 is 0 Å². The molecule has 0 radical (unpaired) electrons. The molecule has 0 aliphatic heterocycles. The van der Waals surface area contributed by atoms with Crippen molar-refractivity contribution in [1.29, 1.82) is 0 Å². The Morgan fingerprint density at radius 3 is 1.70 bits per heavy atom. The second kappa shape index (κ2) is 9.64. The fourth-order valence-electron chi connectivity index (χ4n) is 8.56. The second-order valence-electron chi connectivity index (χ2n) is 13.7. The molecule has 0 aromatic heterocycles. The summed E-state index contributed by atoms with van der Waals surface area (Å²) in [7, 11) is 0. The molecular formula is C47H32. The van der Waals surface area contributed by atoms with E-state index in [4.69, 9.17) is 0 Å². The average molecular weight is 597 g/mol. The van der Waals surface area contributed by atoms with Gasteiger partial charge in [-0.2, -0.15) is 0 Å². The van der Waals surface area contributed by atoms with Crippen LogP contribution in [0.15, 0.2) is 158 Å². The maximum Gasteiger partial charge on any atom is 0.0165 e. The first kappa shape index (κ1) is 26.5.